The highest BCUT2D eigenvalue weighted by Gasteiger charge is 2.29. The Hall–Kier alpha value is -2.64. The number of hydrogen-bond donors (Lipinski definition) is 2. The van der Waals surface area contributed by atoms with Crippen molar-refractivity contribution in [3.05, 3.63) is 41.5 Å². The van der Waals surface area contributed by atoms with Crippen LogP contribution in [0.1, 0.15) is 49.7 Å². The molecule has 0 unspecified atom stereocenters. The third-order valence-corrected chi connectivity index (χ3v) is 6.78. The Labute approximate surface area is 202 Å². The van der Waals surface area contributed by atoms with Crippen LogP contribution in [0.5, 0.6) is 28.7 Å². The number of aryl methyl sites for hydroxylation is 2. The van der Waals surface area contributed by atoms with E-state index in [1.54, 1.807) is 14.2 Å². The van der Waals surface area contributed by atoms with Crippen molar-refractivity contribution in [1.29, 1.82) is 0 Å². The first-order chi connectivity index (χ1) is 16.6. The molecule has 2 aromatic rings. The van der Waals surface area contributed by atoms with Gasteiger partial charge in [0, 0.05) is 6.07 Å². The molecule has 0 radical (unpaired) electrons. The number of rotatable bonds is 12. The van der Waals surface area contributed by atoms with Crippen LogP contribution in [0.2, 0.25) is 0 Å². The number of hydrogen-bond acceptors (Lipinski definition) is 7. The number of unbranched alkanes of at least 4 members (excludes halogenated alkanes) is 1. The van der Waals surface area contributed by atoms with Crippen molar-refractivity contribution in [3.63, 3.8) is 0 Å². The molecular weight excluding hydrogens is 434 g/mol. The molecule has 0 saturated heterocycles. The van der Waals surface area contributed by atoms with Gasteiger partial charge in [-0.2, -0.15) is 0 Å². The van der Waals surface area contributed by atoms with Gasteiger partial charge in [-0.1, -0.05) is 0 Å². The molecule has 0 fully saturated rings. The summed E-state index contributed by atoms with van der Waals surface area (Å²) < 4.78 is 27.4. The van der Waals surface area contributed by atoms with Crippen LogP contribution >= 0.6 is 0 Å². The van der Waals surface area contributed by atoms with Crippen molar-refractivity contribution in [2.45, 2.75) is 57.0 Å². The fourth-order valence-corrected chi connectivity index (χ4v) is 4.72. The summed E-state index contributed by atoms with van der Waals surface area (Å²) in [6.45, 7) is 2.79. The SMILES string of the molecule is COc1cc2c(cc1OC)CCC(O)(CCCCNCCCOc1ccc3c(c1)OCO3)CC2. The van der Waals surface area contributed by atoms with E-state index >= 15 is 0 Å². The summed E-state index contributed by atoms with van der Waals surface area (Å²) in [6, 6.07) is 9.80. The third-order valence-electron chi connectivity index (χ3n) is 6.78. The zero-order valence-electron chi connectivity index (χ0n) is 20.4. The Bertz CT molecular complexity index is 912. The van der Waals surface area contributed by atoms with Gasteiger partial charge in [0.1, 0.15) is 5.75 Å². The fourth-order valence-electron chi connectivity index (χ4n) is 4.72. The Kier molecular flexibility index (Phi) is 8.40. The second kappa shape index (κ2) is 11.7. The van der Waals surface area contributed by atoms with Gasteiger partial charge in [0.15, 0.2) is 23.0 Å². The van der Waals surface area contributed by atoms with Crippen LogP contribution in [0.3, 0.4) is 0 Å². The molecular formula is C27H37NO6. The average Bonchev–Trinajstić information content (AvgIpc) is 3.26. The van der Waals surface area contributed by atoms with E-state index in [9.17, 15) is 5.11 Å². The molecule has 1 aliphatic heterocycles. The van der Waals surface area contributed by atoms with Gasteiger partial charge >= 0.3 is 0 Å². The number of fused-ring (bicyclic) bond motifs is 2. The molecule has 0 atom stereocenters. The molecule has 0 bridgehead atoms. The molecule has 7 nitrogen and oxygen atoms in total. The van der Waals surface area contributed by atoms with Crippen LogP contribution in [-0.2, 0) is 12.8 Å². The van der Waals surface area contributed by atoms with Crippen molar-refractivity contribution in [1.82, 2.24) is 5.32 Å². The van der Waals surface area contributed by atoms with E-state index in [2.05, 4.69) is 17.4 Å². The number of aliphatic hydroxyl groups is 1. The first-order valence-electron chi connectivity index (χ1n) is 12.3. The zero-order valence-corrected chi connectivity index (χ0v) is 20.4. The van der Waals surface area contributed by atoms with Crippen LogP contribution in [0.25, 0.3) is 0 Å². The van der Waals surface area contributed by atoms with E-state index in [0.717, 1.165) is 93.2 Å². The summed E-state index contributed by atoms with van der Waals surface area (Å²) in [5.74, 6) is 3.85. The van der Waals surface area contributed by atoms with E-state index in [4.69, 9.17) is 23.7 Å². The summed E-state index contributed by atoms with van der Waals surface area (Å²) in [5, 5.41) is 14.7. The maximum absolute atomic E-state index is 11.2. The smallest absolute Gasteiger partial charge is 0.231 e. The van der Waals surface area contributed by atoms with Gasteiger partial charge in [0.05, 0.1) is 26.4 Å². The Morgan fingerprint density at radius 3 is 2.26 bits per heavy atom. The Morgan fingerprint density at radius 1 is 0.882 bits per heavy atom. The average molecular weight is 472 g/mol. The molecule has 186 valence electrons. The molecule has 34 heavy (non-hydrogen) atoms. The van der Waals surface area contributed by atoms with Crippen molar-refractivity contribution in [2.75, 3.05) is 40.7 Å². The first-order valence-corrected chi connectivity index (χ1v) is 12.3. The minimum Gasteiger partial charge on any atom is -0.493 e. The lowest BCUT2D eigenvalue weighted by atomic mass is 9.88. The molecule has 1 aliphatic carbocycles. The van der Waals surface area contributed by atoms with Crippen LogP contribution in [0.15, 0.2) is 30.3 Å². The molecule has 2 N–H and O–H groups in total. The predicted molar refractivity (Wildman–Crippen MR) is 131 cm³/mol. The Morgan fingerprint density at radius 2 is 1.56 bits per heavy atom. The number of ether oxygens (including phenoxy) is 5. The zero-order chi connectivity index (χ0) is 23.8. The molecule has 0 saturated carbocycles. The quantitative estimate of drug-likeness (QED) is 0.354. The summed E-state index contributed by atoms with van der Waals surface area (Å²) in [7, 11) is 3.33. The van der Waals surface area contributed by atoms with Gasteiger partial charge < -0.3 is 34.1 Å². The second-order valence-corrected chi connectivity index (χ2v) is 9.12. The van der Waals surface area contributed by atoms with E-state index in [-0.39, 0.29) is 6.79 Å². The number of nitrogens with one attached hydrogen (secondary N) is 1. The molecule has 2 aliphatic rings. The van der Waals surface area contributed by atoms with Gasteiger partial charge in [0.25, 0.3) is 0 Å². The lowest BCUT2D eigenvalue weighted by Crippen LogP contribution is -2.29. The van der Waals surface area contributed by atoms with Crippen LogP contribution in [-0.4, -0.2) is 51.4 Å². The summed E-state index contributed by atoms with van der Waals surface area (Å²) in [6.07, 6.45) is 7.16. The highest BCUT2D eigenvalue weighted by atomic mass is 16.7. The largest absolute Gasteiger partial charge is 0.493 e. The van der Waals surface area contributed by atoms with E-state index in [1.807, 2.05) is 18.2 Å². The molecule has 2 aromatic carbocycles. The Balaban J connectivity index is 1.09. The standard InChI is InChI=1S/C27H37NO6/c1-30-24-16-20-8-11-27(29,12-9-21(20)17-25(24)31-2)10-3-4-13-28-14-5-15-32-22-6-7-23-26(18-22)34-19-33-23/h6-7,16-18,28-29H,3-5,8-15,19H2,1-2H3. The van der Waals surface area contributed by atoms with Crippen molar-refractivity contribution in [3.8, 4) is 28.7 Å². The number of benzene rings is 2. The van der Waals surface area contributed by atoms with Crippen molar-refractivity contribution in [2.24, 2.45) is 0 Å². The van der Waals surface area contributed by atoms with Gasteiger partial charge in [-0.25, -0.2) is 0 Å². The van der Waals surface area contributed by atoms with E-state index in [1.165, 1.54) is 11.1 Å². The van der Waals surface area contributed by atoms with Crippen molar-refractivity contribution >= 4 is 0 Å². The minimum atomic E-state index is -0.599. The van der Waals surface area contributed by atoms with E-state index in [0.29, 0.717) is 6.61 Å². The predicted octanol–water partition coefficient (Wildman–Crippen LogP) is 4.27. The minimum absolute atomic E-state index is 0.276. The monoisotopic (exact) mass is 471 g/mol. The van der Waals surface area contributed by atoms with Crippen LogP contribution in [0.4, 0.5) is 0 Å². The first kappa shape index (κ1) is 24.5. The van der Waals surface area contributed by atoms with Crippen LogP contribution < -0.4 is 29.0 Å². The van der Waals surface area contributed by atoms with Crippen molar-refractivity contribution < 1.29 is 28.8 Å². The number of methoxy groups -OCH3 is 2. The molecule has 0 amide bonds. The third kappa shape index (κ3) is 6.27. The topological polar surface area (TPSA) is 78.4 Å². The highest BCUT2D eigenvalue weighted by molar-refractivity contribution is 5.48. The maximum atomic E-state index is 11.2. The second-order valence-electron chi connectivity index (χ2n) is 9.12. The van der Waals surface area contributed by atoms with Gasteiger partial charge in [-0.3, -0.25) is 0 Å². The van der Waals surface area contributed by atoms with Gasteiger partial charge in [0.2, 0.25) is 6.79 Å². The van der Waals surface area contributed by atoms with E-state index < -0.39 is 5.60 Å². The molecule has 0 aromatic heterocycles. The molecule has 1 heterocycles. The molecule has 0 spiro atoms. The highest BCUT2D eigenvalue weighted by Crippen LogP contribution is 2.37. The lowest BCUT2D eigenvalue weighted by Gasteiger charge is -2.26. The summed E-state index contributed by atoms with van der Waals surface area (Å²) in [4.78, 5) is 0. The normalized spacial score (nSPS) is 16.0. The lowest BCUT2D eigenvalue weighted by molar-refractivity contribution is 0.0149. The molecule has 7 heteroatoms. The fraction of sp³-hybridized carbons (Fsp3) is 0.556. The maximum Gasteiger partial charge on any atom is 0.231 e. The summed E-state index contributed by atoms with van der Waals surface area (Å²) >= 11 is 0. The summed E-state index contributed by atoms with van der Waals surface area (Å²) in [5.41, 5.74) is 1.93. The van der Waals surface area contributed by atoms with Gasteiger partial charge in [-0.05, 0) is 99.8 Å². The van der Waals surface area contributed by atoms with Gasteiger partial charge in [-0.15, -0.1) is 0 Å². The molecule has 4 rings (SSSR count). The van der Waals surface area contributed by atoms with Crippen LogP contribution in [0, 0.1) is 0 Å².